The van der Waals surface area contributed by atoms with Gasteiger partial charge >= 0.3 is 18.0 Å². The summed E-state index contributed by atoms with van der Waals surface area (Å²) in [7, 11) is -2.71. The molecule has 0 radical (unpaired) electrons. The molecule has 3 aliphatic heterocycles. The van der Waals surface area contributed by atoms with Gasteiger partial charge in [-0.05, 0) is 64.7 Å². The maximum absolute atomic E-state index is 14.8. The fourth-order valence-electron chi connectivity index (χ4n) is 10.3. The van der Waals surface area contributed by atoms with Gasteiger partial charge in [0.2, 0.25) is 0 Å². The third kappa shape index (κ3) is 16.8. The summed E-state index contributed by atoms with van der Waals surface area (Å²) >= 11 is 0. The van der Waals surface area contributed by atoms with Gasteiger partial charge in [-0.3, -0.25) is 0 Å². The van der Waals surface area contributed by atoms with E-state index in [1.165, 1.54) is 4.90 Å². The number of hydrogen-bond acceptors (Lipinski definition) is 15. The van der Waals surface area contributed by atoms with Crippen LogP contribution in [-0.4, -0.2) is 119 Å². The van der Waals surface area contributed by atoms with Crippen molar-refractivity contribution < 1.29 is 70.9 Å². The van der Waals surface area contributed by atoms with Crippen molar-refractivity contribution in [3.63, 3.8) is 0 Å². The first-order valence-corrected chi connectivity index (χ1v) is 32.5. The Balaban J connectivity index is 1.05. The van der Waals surface area contributed by atoms with E-state index in [-0.39, 0.29) is 68.9 Å². The normalized spacial score (nSPS) is 23.8. The molecule has 3 heterocycles. The van der Waals surface area contributed by atoms with Crippen LogP contribution in [0.1, 0.15) is 75.6 Å². The molecule has 0 bridgehead atoms. The van der Waals surface area contributed by atoms with Gasteiger partial charge in [0.15, 0.2) is 39.4 Å². The van der Waals surface area contributed by atoms with Crippen molar-refractivity contribution in [3.8, 4) is 0 Å². The van der Waals surface area contributed by atoms with Gasteiger partial charge in [0.25, 0.3) is 0 Å². The quantitative estimate of drug-likeness (QED) is 0.0318. The fourth-order valence-corrected chi connectivity index (χ4v) is 11.6. The molecule has 0 aliphatic carbocycles. The van der Waals surface area contributed by atoms with E-state index >= 15 is 0 Å². The topological polar surface area (TPSA) is 165 Å². The van der Waals surface area contributed by atoms with Crippen molar-refractivity contribution in [2.24, 2.45) is 0 Å². The Kier molecular flexibility index (Phi) is 21.6. The number of nitrogens with zero attached hydrogens (tertiary/aromatic N) is 1. The molecule has 456 valence electrons. The van der Waals surface area contributed by atoms with Crippen LogP contribution < -0.4 is 0 Å². The summed E-state index contributed by atoms with van der Waals surface area (Å²) in [5.74, 6) is -1.52. The lowest BCUT2D eigenvalue weighted by molar-refractivity contribution is -0.388. The van der Waals surface area contributed by atoms with Crippen LogP contribution in [-0.2, 0) is 82.9 Å². The second-order valence-electron chi connectivity index (χ2n) is 23.3. The average molecular weight is 1200 g/mol. The summed E-state index contributed by atoms with van der Waals surface area (Å²) < 4.78 is 82.0. The van der Waals surface area contributed by atoms with E-state index < -0.39 is 94.1 Å². The minimum atomic E-state index is -2.71. The number of amides is 1. The third-order valence-corrected chi connectivity index (χ3v) is 20.5. The van der Waals surface area contributed by atoms with Crippen LogP contribution >= 0.6 is 0 Å². The van der Waals surface area contributed by atoms with Gasteiger partial charge in [0, 0.05) is 18.7 Å². The first kappa shape index (κ1) is 62.7. The Morgan fingerprint density at radius 1 is 0.529 bits per heavy atom. The highest BCUT2D eigenvalue weighted by Gasteiger charge is 2.58. The summed E-state index contributed by atoms with van der Waals surface area (Å²) in [5.41, 5.74) is 4.66. The number of ether oxygens (including phenoxy) is 11. The molecular weight excluding hydrogens is 1120 g/mol. The molecule has 7 aromatic carbocycles. The molecule has 17 heteroatoms. The molecule has 0 aromatic heterocycles. The van der Waals surface area contributed by atoms with Crippen LogP contribution in [0.25, 0.3) is 0 Å². The van der Waals surface area contributed by atoms with Crippen LogP contribution in [0.15, 0.2) is 212 Å². The van der Waals surface area contributed by atoms with Crippen LogP contribution in [0.3, 0.4) is 0 Å². The van der Waals surface area contributed by atoms with Crippen LogP contribution in [0.2, 0.25) is 18.1 Å². The number of esters is 2. The molecule has 3 aliphatic rings. The first-order chi connectivity index (χ1) is 42.3. The lowest BCUT2D eigenvalue weighted by Crippen LogP contribution is -2.68. The van der Waals surface area contributed by atoms with Gasteiger partial charge in [-0.2, -0.15) is 0 Å². The van der Waals surface area contributed by atoms with Crippen molar-refractivity contribution in [2.45, 2.75) is 133 Å². The monoisotopic (exact) mass is 1200 g/mol. The van der Waals surface area contributed by atoms with E-state index in [9.17, 15) is 14.4 Å². The summed E-state index contributed by atoms with van der Waals surface area (Å²) in [6.07, 6.45) is -13.0. The first-order valence-electron chi connectivity index (χ1n) is 29.6. The molecule has 10 rings (SSSR count). The van der Waals surface area contributed by atoms with E-state index in [0.717, 1.165) is 27.8 Å². The van der Waals surface area contributed by atoms with Crippen molar-refractivity contribution in [1.82, 2.24) is 4.90 Å². The highest BCUT2D eigenvalue weighted by molar-refractivity contribution is 6.74. The second-order valence-corrected chi connectivity index (χ2v) is 28.0. The van der Waals surface area contributed by atoms with E-state index in [1.54, 1.807) is 60.7 Å². The smallest absolute Gasteiger partial charge is 0.410 e. The third-order valence-electron chi connectivity index (χ3n) is 16.0. The lowest BCUT2D eigenvalue weighted by atomic mass is 9.95. The minimum Gasteiger partial charge on any atom is -0.452 e. The highest BCUT2D eigenvalue weighted by atomic mass is 28.4. The zero-order chi connectivity index (χ0) is 60.6. The molecule has 87 heavy (non-hydrogen) atoms. The van der Waals surface area contributed by atoms with Crippen molar-refractivity contribution >= 4 is 26.3 Å². The Hall–Kier alpha value is -7.39. The predicted molar refractivity (Wildman–Crippen MR) is 326 cm³/mol. The summed E-state index contributed by atoms with van der Waals surface area (Å²) in [6, 6.07) is 64.9. The summed E-state index contributed by atoms with van der Waals surface area (Å²) in [4.78, 5) is 45.1. The Morgan fingerprint density at radius 3 is 1.60 bits per heavy atom. The molecule has 1 amide bonds. The number of fused-ring (bicyclic) bond motifs is 1. The fraction of sp³-hybridized carbons (Fsp3) is 0.357. The van der Waals surface area contributed by atoms with Crippen molar-refractivity contribution in [3.05, 3.63) is 251 Å². The van der Waals surface area contributed by atoms with Crippen LogP contribution in [0.5, 0.6) is 0 Å². The summed E-state index contributed by atoms with van der Waals surface area (Å²) in [6.45, 7) is 11.1. The van der Waals surface area contributed by atoms with Gasteiger partial charge in [0.1, 0.15) is 43.2 Å². The summed E-state index contributed by atoms with van der Waals surface area (Å²) in [5, 5.41) is -0.272. The maximum atomic E-state index is 14.8. The van der Waals surface area contributed by atoms with Gasteiger partial charge in [-0.1, -0.05) is 209 Å². The van der Waals surface area contributed by atoms with Gasteiger partial charge < -0.3 is 61.4 Å². The molecule has 11 atom stereocenters. The van der Waals surface area contributed by atoms with Gasteiger partial charge in [-0.25, -0.2) is 14.4 Å². The Morgan fingerprint density at radius 2 is 1.03 bits per heavy atom. The van der Waals surface area contributed by atoms with E-state index in [4.69, 9.17) is 56.5 Å². The standard InChI is InChI=1S/C70H77NO15Si/c1-70(2,3)87(4,5)86-61-59-57(48-78-66(84-59)55-39-25-12-26-40-55)81-68(62(61)77-45-51-31-17-8-18-32-51)85-58-56(47-75-44-50-29-15-7-16-30-50)80-67(63(83-65(73)54-37-23-11-24-38-54)60(58)82-64(72)53-35-21-10-22-36-53)76-42-41-71(43-49-27-13-6-14-28-49)69(74)79-46-52-33-19-9-20-34-52/h6-40,56-63,66-68H,41-48H2,1-5H3/t56-,57-,58-,59-,60+,61+,62-,63-,66-,67-,68+/m1/s1. The molecule has 3 saturated heterocycles. The number of carbonyl (C=O) groups is 3. The van der Waals surface area contributed by atoms with Gasteiger partial charge in [-0.15, -0.1) is 0 Å². The lowest BCUT2D eigenvalue weighted by Gasteiger charge is -2.53. The zero-order valence-electron chi connectivity index (χ0n) is 49.8. The van der Waals surface area contributed by atoms with Crippen LogP contribution in [0, 0.1) is 0 Å². The zero-order valence-corrected chi connectivity index (χ0v) is 50.8. The molecule has 0 unspecified atom stereocenters. The molecular formula is C70H77NO15Si. The Bertz CT molecular complexity index is 3220. The molecule has 0 spiro atoms. The van der Waals surface area contributed by atoms with Crippen molar-refractivity contribution in [2.75, 3.05) is 26.4 Å². The molecule has 16 nitrogen and oxygen atoms in total. The van der Waals surface area contributed by atoms with E-state index in [2.05, 4.69) is 33.9 Å². The molecule has 7 aromatic rings. The maximum Gasteiger partial charge on any atom is 0.410 e. The highest BCUT2D eigenvalue weighted by Crippen LogP contribution is 2.44. The molecule has 0 saturated carbocycles. The molecule has 0 N–H and O–H groups in total. The SMILES string of the molecule is CC(C)(C)[Si](C)(C)O[C@@H]1[C@@H](OCc2ccccc2)[C@H](O[C@H]2[C@H](OC(=O)c3ccccc3)[C@@H](OC(=O)c3ccccc3)[C@H](OCCN(Cc3ccccc3)C(=O)OCc3ccccc3)O[C@@H]2COCc2ccccc2)O[C@@H]2CO[C@@H](c3ccccc3)O[C@@H]12. The van der Waals surface area contributed by atoms with Gasteiger partial charge in [0.05, 0.1) is 44.2 Å². The average Bonchev–Trinajstić information content (AvgIpc) is 1.60. The van der Waals surface area contributed by atoms with E-state index in [0.29, 0.717) is 0 Å². The number of benzene rings is 7. The number of carbonyl (C=O) groups excluding carboxylic acids is 3. The van der Waals surface area contributed by atoms with E-state index in [1.807, 2.05) is 152 Å². The largest absolute Gasteiger partial charge is 0.452 e. The van der Waals surface area contributed by atoms with Crippen LogP contribution in [0.4, 0.5) is 4.79 Å². The molecule has 3 fully saturated rings. The number of hydrogen-bond donors (Lipinski definition) is 0. The minimum absolute atomic E-state index is 0.00487. The Labute approximate surface area is 510 Å². The van der Waals surface area contributed by atoms with Crippen molar-refractivity contribution in [1.29, 1.82) is 0 Å². The number of rotatable bonds is 24. The predicted octanol–water partition coefficient (Wildman–Crippen LogP) is 12.4. The second kappa shape index (κ2) is 30.0.